The zero-order chi connectivity index (χ0) is 12.3. The molecule has 2 aliphatic rings. The van der Waals surface area contributed by atoms with Crippen LogP contribution in [0.5, 0.6) is 0 Å². The van der Waals surface area contributed by atoms with Crippen LogP contribution in [-0.4, -0.2) is 59.3 Å². The molecule has 3 heteroatoms. The van der Waals surface area contributed by atoms with Crippen molar-refractivity contribution in [3.05, 3.63) is 0 Å². The highest BCUT2D eigenvalue weighted by molar-refractivity contribution is 4.85. The van der Waals surface area contributed by atoms with E-state index in [2.05, 4.69) is 9.80 Å². The summed E-state index contributed by atoms with van der Waals surface area (Å²) in [4.78, 5) is 5.21. The van der Waals surface area contributed by atoms with Crippen molar-refractivity contribution in [3.8, 4) is 0 Å². The van der Waals surface area contributed by atoms with Crippen LogP contribution in [0.3, 0.4) is 0 Å². The Balaban J connectivity index is 1.71. The average Bonchev–Trinajstić information content (AvgIpc) is 2.75. The molecule has 2 fully saturated rings. The maximum Gasteiger partial charge on any atom is 0.0603 e. The Hall–Kier alpha value is -0.120. The molecular formula is C14H28N2O. The number of hydrogen-bond acceptors (Lipinski definition) is 3. The van der Waals surface area contributed by atoms with Crippen molar-refractivity contribution in [1.82, 2.24) is 9.80 Å². The molecule has 2 aliphatic heterocycles. The number of nitrogens with zero attached hydrogens (tertiary/aromatic N) is 2. The van der Waals surface area contributed by atoms with Crippen LogP contribution in [0.4, 0.5) is 0 Å². The fourth-order valence-electron chi connectivity index (χ4n) is 3.03. The maximum atomic E-state index is 9.76. The second-order valence-corrected chi connectivity index (χ2v) is 6.40. The largest absolute Gasteiger partial charge is 0.390 e. The Labute approximate surface area is 106 Å². The van der Waals surface area contributed by atoms with Gasteiger partial charge in [-0.3, -0.25) is 4.90 Å². The molecule has 0 radical (unpaired) electrons. The van der Waals surface area contributed by atoms with E-state index in [-0.39, 0.29) is 0 Å². The highest BCUT2D eigenvalue weighted by Crippen LogP contribution is 2.21. The van der Waals surface area contributed by atoms with Crippen molar-refractivity contribution in [2.45, 2.75) is 57.6 Å². The van der Waals surface area contributed by atoms with Crippen LogP contribution >= 0.6 is 0 Å². The number of rotatable bonds is 4. The third-order valence-electron chi connectivity index (χ3n) is 4.19. The Bertz CT molecular complexity index is 231. The maximum absolute atomic E-state index is 9.76. The Morgan fingerprint density at radius 3 is 2.47 bits per heavy atom. The van der Waals surface area contributed by atoms with E-state index in [9.17, 15) is 5.11 Å². The summed E-state index contributed by atoms with van der Waals surface area (Å²) in [5.74, 6) is 0. The molecule has 0 saturated carbocycles. The van der Waals surface area contributed by atoms with Crippen molar-refractivity contribution in [2.75, 3.05) is 32.7 Å². The number of hydrogen-bond donors (Lipinski definition) is 1. The Kier molecular flexibility index (Phi) is 4.45. The Morgan fingerprint density at radius 1 is 1.12 bits per heavy atom. The first-order chi connectivity index (χ1) is 8.04. The quantitative estimate of drug-likeness (QED) is 0.810. The molecule has 0 amide bonds. The highest BCUT2D eigenvalue weighted by atomic mass is 16.3. The van der Waals surface area contributed by atoms with Crippen molar-refractivity contribution < 1.29 is 5.11 Å². The number of aliphatic hydroxyl groups is 1. The van der Waals surface area contributed by atoms with Gasteiger partial charge in [-0.1, -0.05) is 6.42 Å². The van der Waals surface area contributed by atoms with Gasteiger partial charge in [0.25, 0.3) is 0 Å². The fraction of sp³-hybridized carbons (Fsp3) is 1.00. The van der Waals surface area contributed by atoms with Gasteiger partial charge in [0.15, 0.2) is 0 Å². The molecule has 0 aromatic heterocycles. The summed E-state index contributed by atoms with van der Waals surface area (Å²) in [6.07, 6.45) is 6.41. The zero-order valence-electron chi connectivity index (χ0n) is 11.5. The molecular weight excluding hydrogens is 212 g/mol. The molecule has 0 aromatic rings. The second-order valence-electron chi connectivity index (χ2n) is 6.40. The van der Waals surface area contributed by atoms with Gasteiger partial charge in [0.1, 0.15) is 0 Å². The van der Waals surface area contributed by atoms with Crippen LogP contribution in [0.1, 0.15) is 46.0 Å². The van der Waals surface area contributed by atoms with Gasteiger partial charge in [0, 0.05) is 19.1 Å². The standard InChI is InChI=1S/C14H28N2O/c1-14(2,17)7-11-15-10-6-13(12-15)16-8-4-3-5-9-16/h13,17H,3-12H2,1-2H3. The minimum atomic E-state index is -0.511. The Morgan fingerprint density at radius 2 is 1.82 bits per heavy atom. The molecule has 2 rings (SSSR count). The van der Waals surface area contributed by atoms with Crippen molar-refractivity contribution in [2.24, 2.45) is 0 Å². The molecule has 0 bridgehead atoms. The van der Waals surface area contributed by atoms with E-state index >= 15 is 0 Å². The third-order valence-corrected chi connectivity index (χ3v) is 4.19. The normalized spacial score (nSPS) is 28.8. The lowest BCUT2D eigenvalue weighted by molar-refractivity contribution is 0.0591. The molecule has 0 aliphatic carbocycles. The van der Waals surface area contributed by atoms with Gasteiger partial charge in [-0.05, 0) is 59.2 Å². The molecule has 2 saturated heterocycles. The van der Waals surface area contributed by atoms with Crippen LogP contribution in [0, 0.1) is 0 Å². The first-order valence-electron chi connectivity index (χ1n) is 7.23. The third kappa shape index (κ3) is 4.23. The van der Waals surface area contributed by atoms with Gasteiger partial charge in [0.2, 0.25) is 0 Å². The lowest BCUT2D eigenvalue weighted by Crippen LogP contribution is -2.41. The zero-order valence-corrected chi connectivity index (χ0v) is 11.5. The first kappa shape index (κ1) is 13.3. The van der Waals surface area contributed by atoms with Gasteiger partial charge in [-0.25, -0.2) is 0 Å². The average molecular weight is 240 g/mol. The van der Waals surface area contributed by atoms with Gasteiger partial charge < -0.3 is 10.0 Å². The van der Waals surface area contributed by atoms with Crippen LogP contribution in [0.25, 0.3) is 0 Å². The molecule has 1 unspecified atom stereocenters. The van der Waals surface area contributed by atoms with E-state index in [1.807, 2.05) is 13.8 Å². The summed E-state index contributed by atoms with van der Waals surface area (Å²) in [6.45, 7) is 9.92. The van der Waals surface area contributed by atoms with Crippen molar-refractivity contribution >= 4 is 0 Å². The van der Waals surface area contributed by atoms with Crippen LogP contribution in [0.2, 0.25) is 0 Å². The predicted molar refractivity (Wildman–Crippen MR) is 71.2 cm³/mol. The van der Waals surface area contributed by atoms with E-state index in [1.165, 1.54) is 51.9 Å². The summed E-state index contributed by atoms with van der Waals surface area (Å²) in [6, 6.07) is 0.789. The minimum absolute atomic E-state index is 0.511. The molecule has 0 spiro atoms. The molecule has 0 aromatic carbocycles. The highest BCUT2D eigenvalue weighted by Gasteiger charge is 2.28. The second kappa shape index (κ2) is 5.68. The smallest absolute Gasteiger partial charge is 0.0603 e. The molecule has 1 N–H and O–H groups in total. The number of likely N-dealkylation sites (tertiary alicyclic amines) is 2. The summed E-state index contributed by atoms with van der Waals surface area (Å²) in [5.41, 5.74) is -0.511. The van der Waals surface area contributed by atoms with Crippen molar-refractivity contribution in [3.63, 3.8) is 0 Å². The van der Waals surface area contributed by atoms with E-state index in [0.29, 0.717) is 0 Å². The summed E-state index contributed by atoms with van der Waals surface area (Å²) < 4.78 is 0. The SMILES string of the molecule is CC(C)(O)CCN1CCC(N2CCCCC2)C1. The fourth-order valence-corrected chi connectivity index (χ4v) is 3.03. The molecule has 2 heterocycles. The minimum Gasteiger partial charge on any atom is -0.390 e. The van der Waals surface area contributed by atoms with Gasteiger partial charge >= 0.3 is 0 Å². The van der Waals surface area contributed by atoms with Crippen LogP contribution in [0.15, 0.2) is 0 Å². The number of piperidine rings is 1. The predicted octanol–water partition coefficient (Wildman–Crippen LogP) is 1.71. The lowest BCUT2D eigenvalue weighted by atomic mass is 10.1. The van der Waals surface area contributed by atoms with Gasteiger partial charge in [-0.15, -0.1) is 0 Å². The summed E-state index contributed by atoms with van der Waals surface area (Å²) >= 11 is 0. The first-order valence-corrected chi connectivity index (χ1v) is 7.23. The van der Waals surface area contributed by atoms with E-state index < -0.39 is 5.60 Å². The van der Waals surface area contributed by atoms with Gasteiger partial charge in [0.05, 0.1) is 5.60 Å². The lowest BCUT2D eigenvalue weighted by Gasteiger charge is -2.32. The monoisotopic (exact) mass is 240 g/mol. The molecule has 1 atom stereocenters. The topological polar surface area (TPSA) is 26.7 Å². The van der Waals surface area contributed by atoms with E-state index in [4.69, 9.17) is 0 Å². The summed E-state index contributed by atoms with van der Waals surface area (Å²) in [5, 5.41) is 9.76. The van der Waals surface area contributed by atoms with E-state index in [1.54, 1.807) is 0 Å². The van der Waals surface area contributed by atoms with Crippen molar-refractivity contribution in [1.29, 1.82) is 0 Å². The molecule has 100 valence electrons. The van der Waals surface area contributed by atoms with Crippen LogP contribution < -0.4 is 0 Å². The van der Waals surface area contributed by atoms with Gasteiger partial charge in [-0.2, -0.15) is 0 Å². The van der Waals surface area contributed by atoms with Crippen LogP contribution in [-0.2, 0) is 0 Å². The molecule has 3 nitrogen and oxygen atoms in total. The summed E-state index contributed by atoms with van der Waals surface area (Å²) in [7, 11) is 0. The molecule has 17 heavy (non-hydrogen) atoms. The van der Waals surface area contributed by atoms with E-state index in [0.717, 1.165) is 19.0 Å².